The predicted molar refractivity (Wildman–Crippen MR) is 63.9 cm³/mol. The number of ether oxygens (including phenoxy) is 1. The van der Waals surface area contributed by atoms with Gasteiger partial charge in [0.15, 0.2) is 0 Å². The minimum Gasteiger partial charge on any atom is -0.384 e. The second-order valence-electron chi connectivity index (χ2n) is 4.25. The fourth-order valence-corrected chi connectivity index (χ4v) is 1.62. The van der Waals surface area contributed by atoms with Crippen LogP contribution in [0.4, 0.5) is 4.39 Å². The van der Waals surface area contributed by atoms with Gasteiger partial charge in [-0.25, -0.2) is 4.39 Å². The second kappa shape index (κ2) is 6.61. The zero-order valence-corrected chi connectivity index (χ0v) is 10.2. The van der Waals surface area contributed by atoms with Crippen LogP contribution in [0.3, 0.4) is 0 Å². The van der Waals surface area contributed by atoms with Gasteiger partial charge in [-0.15, -0.1) is 0 Å². The van der Waals surface area contributed by atoms with E-state index in [1.807, 2.05) is 13.0 Å². The van der Waals surface area contributed by atoms with E-state index in [0.29, 0.717) is 5.92 Å². The minimum absolute atomic E-state index is 0.162. The van der Waals surface area contributed by atoms with E-state index in [2.05, 4.69) is 12.2 Å². The molecule has 16 heavy (non-hydrogen) atoms. The third kappa shape index (κ3) is 4.29. The molecule has 90 valence electrons. The zero-order chi connectivity index (χ0) is 12.0. The molecule has 2 nitrogen and oxygen atoms in total. The lowest BCUT2D eigenvalue weighted by Crippen LogP contribution is -2.26. The van der Waals surface area contributed by atoms with Crippen LogP contribution < -0.4 is 5.32 Å². The van der Waals surface area contributed by atoms with Gasteiger partial charge >= 0.3 is 0 Å². The van der Waals surface area contributed by atoms with Crippen LogP contribution in [0, 0.1) is 11.7 Å². The third-order valence-corrected chi connectivity index (χ3v) is 2.57. The molecule has 0 saturated heterocycles. The average Bonchev–Trinajstić information content (AvgIpc) is 2.26. The smallest absolute Gasteiger partial charge is 0.123 e. The Morgan fingerprint density at radius 1 is 1.38 bits per heavy atom. The van der Waals surface area contributed by atoms with Crippen LogP contribution in [0.2, 0.25) is 0 Å². The first-order chi connectivity index (χ1) is 7.63. The molecule has 1 aromatic rings. The molecule has 1 N–H and O–H groups in total. The fourth-order valence-electron chi connectivity index (χ4n) is 1.62. The Hall–Kier alpha value is -0.930. The first kappa shape index (κ1) is 13.1. The van der Waals surface area contributed by atoms with Crippen molar-refractivity contribution in [2.75, 3.05) is 20.3 Å². The molecule has 1 unspecified atom stereocenters. The Kier molecular flexibility index (Phi) is 5.43. The van der Waals surface area contributed by atoms with Crippen molar-refractivity contribution in [3.05, 3.63) is 35.6 Å². The van der Waals surface area contributed by atoms with Crippen molar-refractivity contribution in [2.24, 2.45) is 5.92 Å². The number of rotatable bonds is 6. The molecule has 0 aliphatic carbocycles. The summed E-state index contributed by atoms with van der Waals surface area (Å²) < 4.78 is 18.1. The molecule has 1 rings (SSSR count). The lowest BCUT2D eigenvalue weighted by Gasteiger charge is -2.17. The summed E-state index contributed by atoms with van der Waals surface area (Å²) in [6.07, 6.45) is 0. The molecule has 0 saturated carbocycles. The van der Waals surface area contributed by atoms with Crippen LogP contribution >= 0.6 is 0 Å². The van der Waals surface area contributed by atoms with Gasteiger partial charge < -0.3 is 10.1 Å². The van der Waals surface area contributed by atoms with Crippen molar-refractivity contribution in [1.29, 1.82) is 0 Å². The molecule has 3 heteroatoms. The fraction of sp³-hybridized carbons (Fsp3) is 0.538. The van der Waals surface area contributed by atoms with Gasteiger partial charge in [-0.1, -0.05) is 19.1 Å². The van der Waals surface area contributed by atoms with Crippen molar-refractivity contribution in [1.82, 2.24) is 5.32 Å². The van der Waals surface area contributed by atoms with Crippen LogP contribution in [-0.4, -0.2) is 20.3 Å². The Labute approximate surface area is 96.8 Å². The number of halogens is 1. The van der Waals surface area contributed by atoms with Crippen molar-refractivity contribution < 1.29 is 9.13 Å². The molecule has 0 spiro atoms. The molecule has 0 aliphatic rings. The highest BCUT2D eigenvalue weighted by Gasteiger charge is 2.07. The maximum Gasteiger partial charge on any atom is 0.123 e. The van der Waals surface area contributed by atoms with Gasteiger partial charge in [0.25, 0.3) is 0 Å². The van der Waals surface area contributed by atoms with Crippen LogP contribution in [0.15, 0.2) is 24.3 Å². The quantitative estimate of drug-likeness (QED) is 0.803. The lowest BCUT2D eigenvalue weighted by molar-refractivity contribution is 0.157. The first-order valence-corrected chi connectivity index (χ1v) is 5.61. The number of hydrogen-bond donors (Lipinski definition) is 1. The van der Waals surface area contributed by atoms with E-state index < -0.39 is 0 Å². The van der Waals surface area contributed by atoms with E-state index in [4.69, 9.17) is 4.74 Å². The molecule has 0 aromatic heterocycles. The summed E-state index contributed by atoms with van der Waals surface area (Å²) in [6.45, 7) is 5.76. The summed E-state index contributed by atoms with van der Waals surface area (Å²) in [5.41, 5.74) is 0.976. The molecule has 0 bridgehead atoms. The molecule has 1 aromatic carbocycles. The largest absolute Gasteiger partial charge is 0.384 e. The van der Waals surface area contributed by atoms with Gasteiger partial charge in [0.1, 0.15) is 5.82 Å². The summed E-state index contributed by atoms with van der Waals surface area (Å²) in [7, 11) is 1.70. The van der Waals surface area contributed by atoms with E-state index in [-0.39, 0.29) is 11.9 Å². The molecular formula is C13H20FNO. The van der Waals surface area contributed by atoms with Crippen molar-refractivity contribution >= 4 is 0 Å². The van der Waals surface area contributed by atoms with Crippen molar-refractivity contribution in [3.8, 4) is 0 Å². The van der Waals surface area contributed by atoms with E-state index in [1.54, 1.807) is 19.2 Å². The highest BCUT2D eigenvalue weighted by molar-refractivity contribution is 5.19. The lowest BCUT2D eigenvalue weighted by atomic mass is 10.1. The van der Waals surface area contributed by atoms with Crippen molar-refractivity contribution in [3.63, 3.8) is 0 Å². The monoisotopic (exact) mass is 225 g/mol. The standard InChI is InChI=1S/C13H20FNO/c1-10(9-16-3)8-15-11(2)12-5-4-6-13(14)7-12/h4-7,10-11,15H,8-9H2,1-3H3/t10?,11-/m0/s1. The first-order valence-electron chi connectivity index (χ1n) is 5.61. The van der Waals surface area contributed by atoms with Gasteiger partial charge in [0.2, 0.25) is 0 Å². The highest BCUT2D eigenvalue weighted by Crippen LogP contribution is 2.13. The zero-order valence-electron chi connectivity index (χ0n) is 10.2. The van der Waals surface area contributed by atoms with Crippen LogP contribution in [0.1, 0.15) is 25.5 Å². The maximum atomic E-state index is 13.0. The summed E-state index contributed by atoms with van der Waals surface area (Å²) in [4.78, 5) is 0. The second-order valence-corrected chi connectivity index (χ2v) is 4.25. The summed E-state index contributed by atoms with van der Waals surface area (Å²) in [5.74, 6) is 0.275. The minimum atomic E-state index is -0.184. The molecule has 2 atom stereocenters. The summed E-state index contributed by atoms with van der Waals surface area (Å²) in [6, 6.07) is 6.86. The molecule has 0 radical (unpaired) electrons. The Balaban J connectivity index is 2.43. The van der Waals surface area contributed by atoms with Gasteiger partial charge in [-0.3, -0.25) is 0 Å². The molecule has 0 aliphatic heterocycles. The number of hydrogen-bond acceptors (Lipinski definition) is 2. The van der Waals surface area contributed by atoms with E-state index >= 15 is 0 Å². The number of benzene rings is 1. The highest BCUT2D eigenvalue weighted by atomic mass is 19.1. The average molecular weight is 225 g/mol. The SMILES string of the molecule is COCC(C)CN[C@@H](C)c1cccc(F)c1. The van der Waals surface area contributed by atoms with Crippen LogP contribution in [0.25, 0.3) is 0 Å². The third-order valence-electron chi connectivity index (χ3n) is 2.57. The number of methoxy groups -OCH3 is 1. The van der Waals surface area contributed by atoms with Crippen molar-refractivity contribution in [2.45, 2.75) is 19.9 Å². The van der Waals surface area contributed by atoms with Gasteiger partial charge in [-0.05, 0) is 30.5 Å². The van der Waals surface area contributed by atoms with Gasteiger partial charge in [-0.2, -0.15) is 0 Å². The van der Waals surface area contributed by atoms with E-state index in [0.717, 1.165) is 18.7 Å². The Morgan fingerprint density at radius 2 is 2.12 bits per heavy atom. The van der Waals surface area contributed by atoms with E-state index in [1.165, 1.54) is 6.07 Å². The molecule has 0 heterocycles. The predicted octanol–water partition coefficient (Wildman–Crippen LogP) is 2.76. The van der Waals surface area contributed by atoms with Gasteiger partial charge in [0.05, 0.1) is 0 Å². The normalized spacial score (nSPS) is 14.8. The van der Waals surface area contributed by atoms with Crippen LogP contribution in [-0.2, 0) is 4.74 Å². The molecular weight excluding hydrogens is 205 g/mol. The molecule has 0 fully saturated rings. The number of nitrogens with one attached hydrogen (secondary N) is 1. The molecule has 0 amide bonds. The maximum absolute atomic E-state index is 13.0. The topological polar surface area (TPSA) is 21.3 Å². The Bertz CT molecular complexity index is 317. The Morgan fingerprint density at radius 3 is 2.75 bits per heavy atom. The van der Waals surface area contributed by atoms with Crippen LogP contribution in [0.5, 0.6) is 0 Å². The van der Waals surface area contributed by atoms with Gasteiger partial charge in [0, 0.05) is 26.3 Å². The summed E-state index contributed by atoms with van der Waals surface area (Å²) >= 11 is 0. The summed E-state index contributed by atoms with van der Waals surface area (Å²) in [5, 5.41) is 3.36. The van der Waals surface area contributed by atoms with E-state index in [9.17, 15) is 4.39 Å².